The Bertz CT molecular complexity index is 1140. The van der Waals surface area contributed by atoms with Crippen molar-refractivity contribution in [1.29, 1.82) is 0 Å². The zero-order valence-electron chi connectivity index (χ0n) is 16.8. The molecule has 1 aliphatic rings. The van der Waals surface area contributed by atoms with Crippen LogP contribution in [0, 0.1) is 0 Å². The molecule has 1 amide bonds. The number of nitrogens with zero attached hydrogens (tertiary/aromatic N) is 5. The molecule has 1 aromatic carbocycles. The van der Waals surface area contributed by atoms with Gasteiger partial charge in [-0.1, -0.05) is 53.3 Å². The molecule has 13 heteroatoms. The molecule has 1 saturated heterocycles. The fraction of sp³-hybridized carbons (Fsp3) is 0.316. The highest BCUT2D eigenvalue weighted by Gasteiger charge is 2.20. The molecule has 0 saturated carbocycles. The van der Waals surface area contributed by atoms with Gasteiger partial charge in [-0.2, -0.15) is 9.47 Å². The molecule has 3 heterocycles. The zero-order valence-corrected chi connectivity index (χ0v) is 19.2. The molecule has 0 aliphatic carbocycles. The Labute approximate surface area is 196 Å². The van der Waals surface area contributed by atoms with Crippen LogP contribution in [0.4, 0.5) is 5.82 Å². The van der Waals surface area contributed by atoms with E-state index in [-0.39, 0.29) is 16.6 Å². The van der Waals surface area contributed by atoms with Crippen LogP contribution in [-0.2, 0) is 16.1 Å². The maximum atomic E-state index is 12.3. The molecule has 168 valence electrons. The van der Waals surface area contributed by atoms with E-state index >= 15 is 0 Å². The topological polar surface area (TPSA) is 111 Å². The van der Waals surface area contributed by atoms with Gasteiger partial charge in [0.2, 0.25) is 5.82 Å². The van der Waals surface area contributed by atoms with Crippen LogP contribution in [0.5, 0.6) is 5.88 Å². The van der Waals surface area contributed by atoms with Crippen molar-refractivity contribution in [2.24, 2.45) is 5.10 Å². The lowest BCUT2D eigenvalue weighted by molar-refractivity contribution is -0.123. The van der Waals surface area contributed by atoms with Crippen molar-refractivity contribution < 1.29 is 14.3 Å². The lowest BCUT2D eigenvalue weighted by Gasteiger charge is -2.26. The Hall–Kier alpha value is -2.80. The van der Waals surface area contributed by atoms with Crippen LogP contribution in [0.25, 0.3) is 0 Å². The summed E-state index contributed by atoms with van der Waals surface area (Å²) in [5.41, 5.74) is 3.32. The summed E-state index contributed by atoms with van der Waals surface area (Å²) in [6, 6.07) is 9.52. The number of nitrogens with one attached hydrogen (secondary N) is 1. The molecule has 10 nitrogen and oxygen atoms in total. The lowest BCUT2D eigenvalue weighted by atomic mass is 10.2. The second kappa shape index (κ2) is 10.7. The zero-order chi connectivity index (χ0) is 22.3. The first kappa shape index (κ1) is 22.4. The van der Waals surface area contributed by atoms with Crippen LogP contribution >= 0.6 is 34.7 Å². The van der Waals surface area contributed by atoms with E-state index in [1.807, 2.05) is 35.2 Å². The molecule has 32 heavy (non-hydrogen) atoms. The summed E-state index contributed by atoms with van der Waals surface area (Å²) in [5.74, 6) is 0.426. The van der Waals surface area contributed by atoms with Gasteiger partial charge in [-0.3, -0.25) is 14.2 Å². The summed E-state index contributed by atoms with van der Waals surface area (Å²) in [4.78, 5) is 26.6. The first-order chi connectivity index (χ1) is 15.6. The third-order valence-electron chi connectivity index (χ3n) is 4.51. The third kappa shape index (κ3) is 5.51. The molecular formula is C19H19ClN6O4S2. The van der Waals surface area contributed by atoms with Crippen molar-refractivity contribution in [2.75, 3.05) is 37.8 Å². The van der Waals surface area contributed by atoms with Gasteiger partial charge in [0.15, 0.2) is 6.61 Å². The number of hydrogen-bond donors (Lipinski definition) is 1. The third-order valence-corrected chi connectivity index (χ3v) is 6.44. The molecule has 0 radical (unpaired) electrons. The van der Waals surface area contributed by atoms with Crippen LogP contribution in [0.1, 0.15) is 10.4 Å². The number of halogens is 1. The number of ether oxygens (including phenoxy) is 2. The van der Waals surface area contributed by atoms with Crippen molar-refractivity contribution in [2.45, 2.75) is 6.54 Å². The van der Waals surface area contributed by atoms with Gasteiger partial charge in [0.05, 0.1) is 42.6 Å². The summed E-state index contributed by atoms with van der Waals surface area (Å²) in [7, 11) is 0. The molecule has 4 rings (SSSR count). The van der Waals surface area contributed by atoms with Gasteiger partial charge < -0.3 is 14.4 Å². The number of morpholine rings is 1. The second-order valence-corrected chi connectivity index (χ2v) is 8.55. The number of carbonyl (C=O) groups excluding carboxylic acids is 1. The fourth-order valence-electron chi connectivity index (χ4n) is 2.95. The van der Waals surface area contributed by atoms with E-state index in [2.05, 4.69) is 19.3 Å². The van der Waals surface area contributed by atoms with Gasteiger partial charge in [-0.05, 0) is 5.56 Å². The quantitative estimate of drug-likeness (QED) is 0.375. The Kier molecular flexibility index (Phi) is 7.47. The molecule has 0 bridgehead atoms. The summed E-state index contributed by atoms with van der Waals surface area (Å²) in [5, 5.41) is 4.15. The molecule has 0 spiro atoms. The first-order valence-electron chi connectivity index (χ1n) is 9.65. The molecule has 2 aromatic heterocycles. The normalized spacial score (nSPS) is 14.1. The molecule has 1 aliphatic heterocycles. The van der Waals surface area contributed by atoms with Crippen molar-refractivity contribution in [3.05, 3.63) is 55.6 Å². The molecule has 3 aromatic rings. The van der Waals surface area contributed by atoms with Crippen LogP contribution in [0.2, 0.25) is 5.15 Å². The van der Waals surface area contributed by atoms with Gasteiger partial charge in [0.1, 0.15) is 5.15 Å². The number of thiazole rings is 1. The van der Waals surface area contributed by atoms with E-state index in [0.29, 0.717) is 49.4 Å². The number of hydrogen-bond acceptors (Lipinski definition) is 10. The van der Waals surface area contributed by atoms with E-state index in [0.717, 1.165) is 28.6 Å². The minimum absolute atomic E-state index is 0.207. The maximum Gasteiger partial charge on any atom is 0.309 e. The Balaban J connectivity index is 1.31. The number of carbonyl (C=O) groups is 1. The molecule has 1 fully saturated rings. The van der Waals surface area contributed by atoms with Crippen LogP contribution in [0.15, 0.2) is 40.2 Å². The van der Waals surface area contributed by atoms with E-state index in [4.69, 9.17) is 21.1 Å². The number of anilines is 1. The van der Waals surface area contributed by atoms with Crippen molar-refractivity contribution in [3.8, 4) is 5.88 Å². The van der Waals surface area contributed by atoms with E-state index in [1.165, 1.54) is 10.8 Å². The molecule has 1 N–H and O–H groups in total. The van der Waals surface area contributed by atoms with Crippen molar-refractivity contribution in [1.82, 2.24) is 18.7 Å². The lowest BCUT2D eigenvalue weighted by Crippen LogP contribution is -2.36. The second-order valence-electron chi connectivity index (χ2n) is 6.67. The number of aromatic nitrogens is 3. The van der Waals surface area contributed by atoms with Crippen LogP contribution < -0.4 is 19.9 Å². The monoisotopic (exact) mass is 494 g/mol. The molecular weight excluding hydrogens is 476 g/mol. The van der Waals surface area contributed by atoms with Gasteiger partial charge in [-0.15, -0.1) is 4.37 Å². The van der Waals surface area contributed by atoms with Crippen LogP contribution in [-0.4, -0.2) is 58.3 Å². The Morgan fingerprint density at radius 1 is 1.28 bits per heavy atom. The predicted molar refractivity (Wildman–Crippen MR) is 123 cm³/mol. The van der Waals surface area contributed by atoms with E-state index in [9.17, 15) is 9.59 Å². The highest BCUT2D eigenvalue weighted by atomic mass is 35.5. The Morgan fingerprint density at radius 3 is 2.84 bits per heavy atom. The number of benzene rings is 1. The summed E-state index contributed by atoms with van der Waals surface area (Å²) in [6.45, 7) is 2.66. The number of amides is 1. The number of rotatable bonds is 8. The highest BCUT2D eigenvalue weighted by molar-refractivity contribution is 7.11. The van der Waals surface area contributed by atoms with Gasteiger partial charge in [-0.25, -0.2) is 5.43 Å². The van der Waals surface area contributed by atoms with Gasteiger partial charge >= 0.3 is 4.87 Å². The number of hydrazone groups is 1. The molecule has 0 unspecified atom stereocenters. The largest absolute Gasteiger partial charge is 0.464 e. The van der Waals surface area contributed by atoms with Gasteiger partial charge in [0, 0.05) is 13.1 Å². The average Bonchev–Trinajstić information content (AvgIpc) is 3.39. The summed E-state index contributed by atoms with van der Waals surface area (Å²) in [6.07, 6.45) is 1.34. The highest BCUT2D eigenvalue weighted by Crippen LogP contribution is 2.26. The fourth-order valence-corrected chi connectivity index (χ4v) is 4.57. The van der Waals surface area contributed by atoms with Crippen LogP contribution in [0.3, 0.4) is 0 Å². The van der Waals surface area contributed by atoms with Crippen molar-refractivity contribution >= 4 is 52.6 Å². The van der Waals surface area contributed by atoms with E-state index in [1.54, 1.807) is 0 Å². The van der Waals surface area contributed by atoms with E-state index < -0.39 is 5.91 Å². The maximum absolute atomic E-state index is 12.3. The average molecular weight is 495 g/mol. The summed E-state index contributed by atoms with van der Waals surface area (Å²) >= 11 is 8.30. The standard InChI is InChI=1S/C19H19ClN6O4S2/c20-16-14(31-19(28)26(16)11-13-4-2-1-3-5-13)10-21-22-15(27)12-30-18-17(23-32-24-18)25-6-8-29-9-7-25/h1-5,10H,6-9,11-12H2,(H,22,27). The van der Waals surface area contributed by atoms with Gasteiger partial charge in [0.25, 0.3) is 11.8 Å². The SMILES string of the molecule is O=C(COc1nsnc1N1CCOCC1)NN=Cc1sc(=O)n(Cc2ccccc2)c1Cl. The predicted octanol–water partition coefficient (Wildman–Crippen LogP) is 1.83. The first-order valence-corrected chi connectivity index (χ1v) is 11.6. The smallest absolute Gasteiger partial charge is 0.309 e. The Morgan fingerprint density at radius 2 is 2.06 bits per heavy atom. The summed E-state index contributed by atoms with van der Waals surface area (Å²) < 4.78 is 20.6. The molecule has 0 atom stereocenters. The minimum Gasteiger partial charge on any atom is -0.464 e. The van der Waals surface area contributed by atoms with Crippen molar-refractivity contribution in [3.63, 3.8) is 0 Å². The minimum atomic E-state index is -0.477.